The summed E-state index contributed by atoms with van der Waals surface area (Å²) in [6.45, 7) is 1.48. The molecule has 20 heavy (non-hydrogen) atoms. The molecule has 0 bridgehead atoms. The molecular weight excluding hydrogens is 262 g/mol. The zero-order valence-corrected chi connectivity index (χ0v) is 11.6. The lowest BCUT2D eigenvalue weighted by atomic mass is 9.94. The number of nitrogens with one attached hydrogen (secondary N) is 1. The first-order valence-electron chi connectivity index (χ1n) is 7.01. The molecule has 0 saturated heterocycles. The largest absolute Gasteiger partial charge is 0.327 e. The minimum atomic E-state index is -0.626. The highest BCUT2D eigenvalue weighted by atomic mass is 19.1. The van der Waals surface area contributed by atoms with Gasteiger partial charge >= 0.3 is 0 Å². The fraction of sp³-hybridized carbons (Fsp3) is 0.533. The van der Waals surface area contributed by atoms with Gasteiger partial charge in [0.05, 0.1) is 11.6 Å². The van der Waals surface area contributed by atoms with Crippen LogP contribution in [0.25, 0.3) is 0 Å². The number of rotatable bonds is 2. The summed E-state index contributed by atoms with van der Waals surface area (Å²) >= 11 is 0. The summed E-state index contributed by atoms with van der Waals surface area (Å²) in [5.41, 5.74) is 6.10. The van der Waals surface area contributed by atoms with Gasteiger partial charge in [-0.05, 0) is 31.4 Å². The second-order valence-corrected chi connectivity index (χ2v) is 5.48. The van der Waals surface area contributed by atoms with Crippen LogP contribution >= 0.6 is 0 Å². The molecule has 1 saturated carbocycles. The van der Waals surface area contributed by atoms with E-state index in [2.05, 4.69) is 5.32 Å². The third-order valence-electron chi connectivity index (χ3n) is 3.91. The number of halogens is 2. The zero-order chi connectivity index (χ0) is 14.7. The summed E-state index contributed by atoms with van der Waals surface area (Å²) < 4.78 is 27.2. The van der Waals surface area contributed by atoms with E-state index in [4.69, 9.17) is 5.73 Å². The Labute approximate surface area is 117 Å². The van der Waals surface area contributed by atoms with E-state index >= 15 is 0 Å². The summed E-state index contributed by atoms with van der Waals surface area (Å²) in [7, 11) is 0. The molecule has 5 heteroatoms. The average molecular weight is 282 g/mol. The van der Waals surface area contributed by atoms with E-state index in [9.17, 15) is 13.6 Å². The molecule has 3 N–H and O–H groups in total. The van der Waals surface area contributed by atoms with Crippen LogP contribution < -0.4 is 11.1 Å². The molecule has 2 atom stereocenters. The van der Waals surface area contributed by atoms with E-state index in [0.29, 0.717) is 6.42 Å². The predicted octanol–water partition coefficient (Wildman–Crippen LogP) is 3.12. The number of hydrogen-bond acceptors (Lipinski definition) is 2. The molecular formula is C15H20F2N2O. The Morgan fingerprint density at radius 1 is 1.20 bits per heavy atom. The summed E-state index contributed by atoms with van der Waals surface area (Å²) in [5, 5.41) is 2.47. The van der Waals surface area contributed by atoms with Crippen molar-refractivity contribution >= 4 is 11.6 Å². The van der Waals surface area contributed by atoms with Gasteiger partial charge < -0.3 is 11.1 Å². The second kappa shape index (κ2) is 6.31. The Balaban J connectivity index is 2.12. The van der Waals surface area contributed by atoms with Gasteiger partial charge in [-0.1, -0.05) is 19.3 Å². The van der Waals surface area contributed by atoms with Gasteiger partial charge in [-0.25, -0.2) is 8.78 Å². The molecule has 0 aromatic heterocycles. The molecule has 1 aliphatic rings. The monoisotopic (exact) mass is 282 g/mol. The molecule has 1 amide bonds. The number of nitrogens with two attached hydrogens (primary N) is 1. The van der Waals surface area contributed by atoms with Gasteiger partial charge in [-0.15, -0.1) is 0 Å². The Morgan fingerprint density at radius 3 is 2.65 bits per heavy atom. The Morgan fingerprint density at radius 2 is 1.90 bits per heavy atom. The summed E-state index contributed by atoms with van der Waals surface area (Å²) in [6, 6.07) is 1.89. The Hall–Kier alpha value is -1.49. The van der Waals surface area contributed by atoms with E-state index in [1.807, 2.05) is 0 Å². The molecule has 0 radical (unpaired) electrons. The first kappa shape index (κ1) is 14.9. The van der Waals surface area contributed by atoms with Crippen molar-refractivity contribution < 1.29 is 13.6 Å². The summed E-state index contributed by atoms with van der Waals surface area (Å²) in [6.07, 6.45) is 4.51. The van der Waals surface area contributed by atoms with E-state index in [-0.39, 0.29) is 29.1 Å². The number of amides is 1. The topological polar surface area (TPSA) is 55.1 Å². The summed E-state index contributed by atoms with van der Waals surface area (Å²) in [4.78, 5) is 12.2. The average Bonchev–Trinajstić information content (AvgIpc) is 2.60. The Bertz CT molecular complexity index is 505. The molecule has 110 valence electrons. The number of carbonyl (C=O) groups excluding carboxylic acids is 1. The van der Waals surface area contributed by atoms with E-state index < -0.39 is 11.6 Å². The number of hydrogen-bond donors (Lipinski definition) is 2. The van der Waals surface area contributed by atoms with Crippen LogP contribution in [-0.2, 0) is 4.79 Å². The fourth-order valence-electron chi connectivity index (χ4n) is 2.63. The van der Waals surface area contributed by atoms with Crippen LogP contribution in [0.3, 0.4) is 0 Å². The maximum Gasteiger partial charge on any atom is 0.229 e. The second-order valence-electron chi connectivity index (χ2n) is 5.48. The Kier molecular flexibility index (Phi) is 4.70. The first-order valence-corrected chi connectivity index (χ1v) is 7.01. The van der Waals surface area contributed by atoms with E-state index in [1.54, 1.807) is 0 Å². The van der Waals surface area contributed by atoms with Crippen molar-refractivity contribution in [2.75, 3.05) is 5.32 Å². The van der Waals surface area contributed by atoms with Crippen molar-refractivity contribution in [1.82, 2.24) is 0 Å². The van der Waals surface area contributed by atoms with E-state index in [0.717, 1.165) is 37.8 Å². The highest BCUT2D eigenvalue weighted by Crippen LogP contribution is 2.25. The van der Waals surface area contributed by atoms with Crippen molar-refractivity contribution in [2.45, 2.75) is 45.1 Å². The molecule has 2 rings (SSSR count). The van der Waals surface area contributed by atoms with Crippen molar-refractivity contribution in [1.29, 1.82) is 0 Å². The van der Waals surface area contributed by atoms with Crippen molar-refractivity contribution in [2.24, 2.45) is 11.7 Å². The molecule has 1 aromatic carbocycles. The molecule has 0 spiro atoms. The number of aryl methyl sites for hydroxylation is 1. The van der Waals surface area contributed by atoms with Gasteiger partial charge in [0.15, 0.2) is 0 Å². The van der Waals surface area contributed by atoms with Gasteiger partial charge in [0, 0.05) is 12.1 Å². The molecule has 1 aromatic rings. The minimum Gasteiger partial charge on any atom is -0.327 e. The number of carbonyl (C=O) groups is 1. The van der Waals surface area contributed by atoms with Crippen molar-refractivity contribution in [3.63, 3.8) is 0 Å². The lowest BCUT2D eigenvalue weighted by Gasteiger charge is -2.20. The fourth-order valence-corrected chi connectivity index (χ4v) is 2.63. The van der Waals surface area contributed by atoms with Crippen LogP contribution in [0.15, 0.2) is 12.1 Å². The smallest absolute Gasteiger partial charge is 0.229 e. The van der Waals surface area contributed by atoms with Crippen molar-refractivity contribution in [3.05, 3.63) is 29.3 Å². The standard InChI is InChI=1S/C15H20F2N2O/c1-9-7-12(17)14(8-11(9)16)19-15(20)10-5-3-2-4-6-13(10)18/h7-8,10,13H,2-6,18H2,1H3,(H,19,20). The molecule has 0 aliphatic heterocycles. The number of anilines is 1. The van der Waals surface area contributed by atoms with Gasteiger partial charge in [-0.2, -0.15) is 0 Å². The zero-order valence-electron chi connectivity index (χ0n) is 11.6. The lowest BCUT2D eigenvalue weighted by Crippen LogP contribution is -2.38. The SMILES string of the molecule is Cc1cc(F)c(NC(=O)C2CCCCCC2N)cc1F. The molecule has 2 unspecified atom stereocenters. The highest BCUT2D eigenvalue weighted by molar-refractivity contribution is 5.93. The van der Waals surface area contributed by atoms with Crippen LogP contribution in [0.4, 0.5) is 14.5 Å². The van der Waals surface area contributed by atoms with Crippen LogP contribution in [0.2, 0.25) is 0 Å². The molecule has 1 fully saturated rings. The first-order chi connectivity index (χ1) is 9.49. The highest BCUT2D eigenvalue weighted by Gasteiger charge is 2.27. The van der Waals surface area contributed by atoms with Crippen LogP contribution in [0.5, 0.6) is 0 Å². The van der Waals surface area contributed by atoms with Gasteiger partial charge in [-0.3, -0.25) is 4.79 Å². The predicted molar refractivity (Wildman–Crippen MR) is 74.3 cm³/mol. The van der Waals surface area contributed by atoms with Crippen LogP contribution in [0.1, 0.15) is 37.7 Å². The maximum atomic E-state index is 13.7. The van der Waals surface area contributed by atoms with Crippen molar-refractivity contribution in [3.8, 4) is 0 Å². The normalized spacial score (nSPS) is 23.2. The van der Waals surface area contributed by atoms with Crippen LogP contribution in [-0.4, -0.2) is 11.9 Å². The third-order valence-corrected chi connectivity index (χ3v) is 3.91. The molecule has 1 aliphatic carbocycles. The maximum absolute atomic E-state index is 13.7. The van der Waals surface area contributed by atoms with Gasteiger partial charge in [0.1, 0.15) is 11.6 Å². The third kappa shape index (κ3) is 3.33. The number of benzene rings is 1. The quantitative estimate of drug-likeness (QED) is 0.819. The van der Waals surface area contributed by atoms with Crippen LogP contribution in [0, 0.1) is 24.5 Å². The lowest BCUT2D eigenvalue weighted by molar-refractivity contribution is -0.120. The van der Waals surface area contributed by atoms with Gasteiger partial charge in [0.25, 0.3) is 0 Å². The molecule has 0 heterocycles. The molecule has 3 nitrogen and oxygen atoms in total. The van der Waals surface area contributed by atoms with E-state index in [1.165, 1.54) is 6.92 Å². The summed E-state index contributed by atoms with van der Waals surface area (Å²) in [5.74, 6) is -1.81. The van der Waals surface area contributed by atoms with Gasteiger partial charge in [0.2, 0.25) is 5.91 Å². The minimum absolute atomic E-state index is 0.116.